The van der Waals surface area contributed by atoms with Gasteiger partial charge < -0.3 is 15.0 Å². The van der Waals surface area contributed by atoms with Crippen molar-refractivity contribution in [2.45, 2.75) is 56.9 Å². The van der Waals surface area contributed by atoms with Gasteiger partial charge >= 0.3 is 0 Å². The van der Waals surface area contributed by atoms with Gasteiger partial charge in [0, 0.05) is 38.3 Å². The first kappa shape index (κ1) is 24.5. The van der Waals surface area contributed by atoms with Crippen LogP contribution in [0.5, 0.6) is 5.75 Å². The summed E-state index contributed by atoms with van der Waals surface area (Å²) in [5.41, 5.74) is 3.01. The Balaban J connectivity index is 1.60. The van der Waals surface area contributed by atoms with Crippen molar-refractivity contribution in [3.8, 4) is 5.75 Å². The van der Waals surface area contributed by atoms with Crippen LogP contribution in [-0.4, -0.2) is 51.9 Å². The minimum Gasteiger partial charge on any atom is -0.496 e. The van der Waals surface area contributed by atoms with E-state index in [4.69, 9.17) is 4.74 Å². The van der Waals surface area contributed by atoms with E-state index in [2.05, 4.69) is 10.2 Å². The molecule has 0 aliphatic carbocycles. The fourth-order valence-electron chi connectivity index (χ4n) is 4.76. The maximum atomic E-state index is 13.7. The number of carbonyl (C=O) groups excluding carboxylic acids is 1. The van der Waals surface area contributed by atoms with E-state index in [-0.39, 0.29) is 10.8 Å². The largest absolute Gasteiger partial charge is 0.496 e. The first-order chi connectivity index (χ1) is 16.4. The second-order valence-corrected chi connectivity index (χ2v) is 11.1. The number of nitrogens with one attached hydrogen (secondary N) is 1. The average molecular weight is 486 g/mol. The van der Waals surface area contributed by atoms with Crippen molar-refractivity contribution in [3.63, 3.8) is 0 Å². The van der Waals surface area contributed by atoms with E-state index in [0.717, 1.165) is 68.5 Å². The standard InChI is InChI=1S/C26H35N3O4S/c1-20-9-10-21(17-24(20)33-2)19-27-26(30)22-11-12-23(28-13-5-3-6-14-28)25(18-22)34(31,32)29-15-7-4-8-16-29/h9-12,17-18H,3-8,13-16,19H2,1-2H3,(H,27,30). The second-order valence-electron chi connectivity index (χ2n) is 9.18. The predicted octanol–water partition coefficient (Wildman–Crippen LogP) is 4.10. The molecule has 184 valence electrons. The minimum atomic E-state index is -3.68. The highest BCUT2D eigenvalue weighted by atomic mass is 32.2. The van der Waals surface area contributed by atoms with Crippen LogP contribution in [-0.2, 0) is 16.6 Å². The Labute approximate surface area is 203 Å². The molecule has 2 aliphatic rings. The summed E-state index contributed by atoms with van der Waals surface area (Å²) in [4.78, 5) is 15.4. The van der Waals surface area contributed by atoms with Gasteiger partial charge in [0.15, 0.2) is 0 Å². The summed E-state index contributed by atoms with van der Waals surface area (Å²) < 4.78 is 34.3. The molecule has 4 rings (SSSR count). The zero-order valence-corrected chi connectivity index (χ0v) is 21.0. The molecule has 0 bridgehead atoms. The highest BCUT2D eigenvalue weighted by Gasteiger charge is 2.31. The normalized spacial score (nSPS) is 17.4. The van der Waals surface area contributed by atoms with E-state index in [1.54, 1.807) is 23.5 Å². The fraction of sp³-hybridized carbons (Fsp3) is 0.500. The number of benzene rings is 2. The van der Waals surface area contributed by atoms with Crippen LogP contribution in [0.1, 0.15) is 60.0 Å². The van der Waals surface area contributed by atoms with E-state index >= 15 is 0 Å². The molecule has 0 saturated carbocycles. The third-order valence-corrected chi connectivity index (χ3v) is 8.70. The lowest BCUT2D eigenvalue weighted by Crippen LogP contribution is -2.38. The van der Waals surface area contributed by atoms with Crippen molar-refractivity contribution >= 4 is 21.6 Å². The van der Waals surface area contributed by atoms with Gasteiger partial charge in [0.2, 0.25) is 10.0 Å². The fourth-order valence-corrected chi connectivity index (χ4v) is 6.52. The quantitative estimate of drug-likeness (QED) is 0.639. The number of hydrogen-bond donors (Lipinski definition) is 1. The van der Waals surface area contributed by atoms with Crippen LogP contribution in [0.2, 0.25) is 0 Å². The summed E-state index contributed by atoms with van der Waals surface area (Å²) in [6.45, 7) is 5.04. The molecule has 1 amide bonds. The lowest BCUT2D eigenvalue weighted by atomic mass is 10.1. The second kappa shape index (κ2) is 10.8. The Bertz CT molecular complexity index is 1120. The topological polar surface area (TPSA) is 79.0 Å². The van der Waals surface area contributed by atoms with Gasteiger partial charge in [-0.2, -0.15) is 4.31 Å². The van der Waals surface area contributed by atoms with Crippen LogP contribution in [0.15, 0.2) is 41.3 Å². The zero-order chi connectivity index (χ0) is 24.1. The first-order valence-corrected chi connectivity index (χ1v) is 13.6. The van der Waals surface area contributed by atoms with Crippen LogP contribution in [0.25, 0.3) is 0 Å². The molecule has 34 heavy (non-hydrogen) atoms. The van der Waals surface area contributed by atoms with Gasteiger partial charge in [-0.1, -0.05) is 18.6 Å². The van der Waals surface area contributed by atoms with Gasteiger partial charge in [-0.3, -0.25) is 4.79 Å². The summed E-state index contributed by atoms with van der Waals surface area (Å²) in [7, 11) is -2.06. The third-order valence-electron chi connectivity index (χ3n) is 6.78. The number of amides is 1. The summed E-state index contributed by atoms with van der Waals surface area (Å²) >= 11 is 0. The number of rotatable bonds is 7. The Kier molecular flexibility index (Phi) is 7.78. The predicted molar refractivity (Wildman–Crippen MR) is 134 cm³/mol. The van der Waals surface area contributed by atoms with Crippen LogP contribution in [0, 0.1) is 6.92 Å². The highest BCUT2D eigenvalue weighted by Crippen LogP contribution is 2.32. The number of carbonyl (C=O) groups is 1. The molecule has 0 unspecified atom stereocenters. The van der Waals surface area contributed by atoms with E-state index in [1.807, 2.05) is 31.2 Å². The molecule has 2 aromatic rings. The third kappa shape index (κ3) is 5.39. The summed E-state index contributed by atoms with van der Waals surface area (Å²) in [6, 6.07) is 10.9. The number of hydrogen-bond acceptors (Lipinski definition) is 5. The Morgan fingerprint density at radius 1 is 0.941 bits per heavy atom. The molecule has 0 aromatic heterocycles. The maximum absolute atomic E-state index is 13.7. The number of sulfonamides is 1. The van der Waals surface area contributed by atoms with Crippen molar-refractivity contribution in [1.29, 1.82) is 0 Å². The Hall–Kier alpha value is -2.58. The lowest BCUT2D eigenvalue weighted by molar-refractivity contribution is 0.0950. The van der Waals surface area contributed by atoms with Gasteiger partial charge in [0.1, 0.15) is 10.6 Å². The smallest absolute Gasteiger partial charge is 0.251 e. The summed E-state index contributed by atoms with van der Waals surface area (Å²) in [5.74, 6) is 0.479. The van der Waals surface area contributed by atoms with E-state index in [9.17, 15) is 13.2 Å². The van der Waals surface area contributed by atoms with Crippen molar-refractivity contribution in [1.82, 2.24) is 9.62 Å². The first-order valence-electron chi connectivity index (χ1n) is 12.2. The van der Waals surface area contributed by atoms with E-state index in [1.165, 1.54) is 0 Å². The van der Waals surface area contributed by atoms with Crippen LogP contribution in [0.4, 0.5) is 5.69 Å². The molecular weight excluding hydrogens is 450 g/mol. The number of ether oxygens (including phenoxy) is 1. The maximum Gasteiger partial charge on any atom is 0.251 e. The molecule has 2 heterocycles. The summed E-state index contributed by atoms with van der Waals surface area (Å²) in [5, 5.41) is 2.93. The van der Waals surface area contributed by atoms with Crippen molar-refractivity contribution < 1.29 is 17.9 Å². The van der Waals surface area contributed by atoms with Crippen LogP contribution in [0.3, 0.4) is 0 Å². The molecule has 7 nitrogen and oxygen atoms in total. The number of piperidine rings is 2. The zero-order valence-electron chi connectivity index (χ0n) is 20.2. The number of aryl methyl sites for hydroxylation is 1. The van der Waals surface area contributed by atoms with Gasteiger partial charge in [0.25, 0.3) is 5.91 Å². The molecule has 8 heteroatoms. The van der Waals surface area contributed by atoms with Gasteiger partial charge in [0.05, 0.1) is 12.8 Å². The molecule has 0 radical (unpaired) electrons. The van der Waals surface area contributed by atoms with Gasteiger partial charge in [-0.25, -0.2) is 8.42 Å². The molecule has 2 aliphatic heterocycles. The van der Waals surface area contributed by atoms with Crippen molar-refractivity contribution in [3.05, 3.63) is 53.1 Å². The SMILES string of the molecule is COc1cc(CNC(=O)c2ccc(N3CCCCC3)c(S(=O)(=O)N3CCCCC3)c2)ccc1C. The molecule has 1 N–H and O–H groups in total. The Morgan fingerprint density at radius 2 is 1.62 bits per heavy atom. The van der Waals surface area contributed by atoms with E-state index < -0.39 is 10.0 Å². The number of methoxy groups -OCH3 is 1. The van der Waals surface area contributed by atoms with Gasteiger partial charge in [-0.15, -0.1) is 0 Å². The summed E-state index contributed by atoms with van der Waals surface area (Å²) in [6.07, 6.45) is 6.06. The minimum absolute atomic E-state index is 0.251. The molecule has 2 aromatic carbocycles. The molecule has 2 fully saturated rings. The molecular formula is C26H35N3O4S. The monoisotopic (exact) mass is 485 g/mol. The number of anilines is 1. The Morgan fingerprint density at radius 3 is 2.29 bits per heavy atom. The van der Waals surface area contributed by atoms with Crippen molar-refractivity contribution in [2.75, 3.05) is 38.2 Å². The molecule has 0 atom stereocenters. The highest BCUT2D eigenvalue weighted by molar-refractivity contribution is 7.89. The van der Waals surface area contributed by atoms with E-state index in [0.29, 0.717) is 30.9 Å². The van der Waals surface area contributed by atoms with Crippen LogP contribution >= 0.6 is 0 Å². The van der Waals surface area contributed by atoms with Crippen LogP contribution < -0.4 is 15.0 Å². The lowest BCUT2D eigenvalue weighted by Gasteiger charge is -2.33. The number of nitrogens with zero attached hydrogens (tertiary/aromatic N) is 2. The molecule has 0 spiro atoms. The van der Waals surface area contributed by atoms with Gasteiger partial charge in [-0.05, 0) is 74.4 Å². The molecule has 2 saturated heterocycles. The average Bonchev–Trinajstić information content (AvgIpc) is 2.88. The van der Waals surface area contributed by atoms with Crippen molar-refractivity contribution in [2.24, 2.45) is 0 Å².